The van der Waals surface area contributed by atoms with Crippen molar-refractivity contribution >= 4 is 11.8 Å². The second-order valence-electron chi connectivity index (χ2n) is 6.22. The van der Waals surface area contributed by atoms with E-state index in [1.807, 2.05) is 0 Å². The van der Waals surface area contributed by atoms with E-state index < -0.39 is 6.04 Å². The summed E-state index contributed by atoms with van der Waals surface area (Å²) in [7, 11) is 0. The Morgan fingerprint density at radius 2 is 1.95 bits per heavy atom. The first-order chi connectivity index (χ1) is 10.7. The molecule has 1 saturated heterocycles. The second kappa shape index (κ2) is 6.38. The van der Waals surface area contributed by atoms with Gasteiger partial charge in [-0.05, 0) is 43.7 Å². The molecule has 5 nitrogen and oxygen atoms in total. The van der Waals surface area contributed by atoms with Crippen LogP contribution in [0.1, 0.15) is 42.5 Å². The van der Waals surface area contributed by atoms with Crippen molar-refractivity contribution in [1.82, 2.24) is 10.2 Å². The lowest BCUT2D eigenvalue weighted by molar-refractivity contribution is -0.125. The zero-order valence-corrected chi connectivity index (χ0v) is 12.6. The van der Waals surface area contributed by atoms with Gasteiger partial charge in [-0.2, -0.15) is 0 Å². The minimum Gasteiger partial charge on any atom is -0.507 e. The van der Waals surface area contributed by atoms with Crippen LogP contribution >= 0.6 is 0 Å². The number of carbonyl (C=O) groups excluding carboxylic acids is 2. The van der Waals surface area contributed by atoms with Gasteiger partial charge < -0.3 is 15.3 Å². The third kappa shape index (κ3) is 2.93. The third-order valence-corrected chi connectivity index (χ3v) is 4.74. The lowest BCUT2D eigenvalue weighted by Crippen LogP contribution is -2.47. The minimum atomic E-state index is -0.410. The molecule has 118 valence electrons. The van der Waals surface area contributed by atoms with Crippen LogP contribution in [0.25, 0.3) is 0 Å². The van der Waals surface area contributed by atoms with Crippen molar-refractivity contribution in [3.05, 3.63) is 29.8 Å². The molecule has 2 aliphatic rings. The number of likely N-dealkylation sites (tertiary alicyclic amines) is 1. The Labute approximate surface area is 130 Å². The van der Waals surface area contributed by atoms with Crippen LogP contribution in [0.3, 0.4) is 0 Å². The van der Waals surface area contributed by atoms with Crippen LogP contribution in [0.5, 0.6) is 5.75 Å². The molecule has 1 saturated carbocycles. The Kier molecular flexibility index (Phi) is 4.32. The average molecular weight is 302 g/mol. The fourth-order valence-electron chi connectivity index (χ4n) is 3.15. The van der Waals surface area contributed by atoms with Gasteiger partial charge in [-0.1, -0.05) is 18.6 Å². The van der Waals surface area contributed by atoms with Gasteiger partial charge in [-0.15, -0.1) is 0 Å². The van der Waals surface area contributed by atoms with Crippen LogP contribution in [-0.2, 0) is 4.79 Å². The molecular weight excluding hydrogens is 280 g/mol. The predicted octanol–water partition coefficient (Wildman–Crippen LogP) is 1.91. The molecule has 0 spiro atoms. The Morgan fingerprint density at radius 3 is 2.64 bits per heavy atom. The zero-order valence-electron chi connectivity index (χ0n) is 12.6. The van der Waals surface area contributed by atoms with E-state index in [0.717, 1.165) is 6.42 Å². The molecule has 2 amide bonds. The molecule has 1 aromatic carbocycles. The van der Waals surface area contributed by atoms with Gasteiger partial charge in [0, 0.05) is 13.1 Å². The number of benzene rings is 1. The Morgan fingerprint density at radius 1 is 1.18 bits per heavy atom. The molecule has 2 N–H and O–H groups in total. The van der Waals surface area contributed by atoms with Crippen LogP contribution in [0.2, 0.25) is 0 Å². The number of rotatable bonds is 4. The molecule has 1 unspecified atom stereocenters. The first-order valence-electron chi connectivity index (χ1n) is 8.03. The second-order valence-corrected chi connectivity index (χ2v) is 6.22. The smallest absolute Gasteiger partial charge is 0.258 e. The summed E-state index contributed by atoms with van der Waals surface area (Å²) in [5, 5.41) is 12.8. The number of hydrogen-bond donors (Lipinski definition) is 2. The van der Waals surface area contributed by atoms with E-state index >= 15 is 0 Å². The molecule has 1 heterocycles. The standard InChI is InChI=1S/C17H22N2O3/c20-15-9-2-1-7-13(15)17(22)19-10-4-8-14(19)16(21)18-11-12-5-3-6-12/h1-2,7,9,12,14,20H,3-6,8,10-11H2,(H,18,21). The summed E-state index contributed by atoms with van der Waals surface area (Å²) in [5.74, 6) is 0.244. The highest BCUT2D eigenvalue weighted by Crippen LogP contribution is 2.26. The van der Waals surface area contributed by atoms with Gasteiger partial charge in [-0.3, -0.25) is 9.59 Å². The van der Waals surface area contributed by atoms with Gasteiger partial charge in [0.15, 0.2) is 0 Å². The molecule has 0 bridgehead atoms. The molecule has 0 aromatic heterocycles. The van der Waals surface area contributed by atoms with E-state index in [2.05, 4.69) is 5.32 Å². The van der Waals surface area contributed by atoms with E-state index in [9.17, 15) is 14.7 Å². The first kappa shape index (κ1) is 14.9. The third-order valence-electron chi connectivity index (χ3n) is 4.74. The molecule has 1 aromatic rings. The highest BCUT2D eigenvalue weighted by atomic mass is 16.3. The van der Waals surface area contributed by atoms with Crippen LogP contribution in [0.4, 0.5) is 0 Å². The number of carbonyl (C=O) groups is 2. The maximum absolute atomic E-state index is 12.6. The van der Waals surface area contributed by atoms with Gasteiger partial charge in [0.25, 0.3) is 5.91 Å². The molecule has 0 radical (unpaired) electrons. The number of nitrogens with zero attached hydrogens (tertiary/aromatic N) is 1. The monoisotopic (exact) mass is 302 g/mol. The van der Waals surface area contributed by atoms with Crippen LogP contribution in [-0.4, -0.2) is 41.0 Å². The maximum atomic E-state index is 12.6. The number of nitrogens with one attached hydrogen (secondary N) is 1. The van der Waals surface area contributed by atoms with Crippen molar-refractivity contribution in [2.45, 2.75) is 38.1 Å². The van der Waals surface area contributed by atoms with Gasteiger partial charge in [0.1, 0.15) is 11.8 Å². The van der Waals surface area contributed by atoms with E-state index in [-0.39, 0.29) is 23.1 Å². The normalized spacial score (nSPS) is 21.5. The number of amides is 2. The van der Waals surface area contributed by atoms with Crippen molar-refractivity contribution in [3.8, 4) is 5.75 Å². The highest BCUT2D eigenvalue weighted by Gasteiger charge is 2.35. The summed E-state index contributed by atoms with van der Waals surface area (Å²) in [5.41, 5.74) is 0.265. The summed E-state index contributed by atoms with van der Waals surface area (Å²) in [6.45, 7) is 1.28. The molecule has 1 aliphatic heterocycles. The van der Waals surface area contributed by atoms with Gasteiger partial charge >= 0.3 is 0 Å². The topological polar surface area (TPSA) is 69.6 Å². The minimum absolute atomic E-state index is 0.0342. The van der Waals surface area contributed by atoms with E-state index in [4.69, 9.17) is 0 Å². The van der Waals surface area contributed by atoms with Crippen molar-refractivity contribution in [2.75, 3.05) is 13.1 Å². The van der Waals surface area contributed by atoms with Crippen molar-refractivity contribution < 1.29 is 14.7 Å². The average Bonchev–Trinajstić information content (AvgIpc) is 2.94. The molecule has 3 rings (SSSR count). The number of aromatic hydroxyl groups is 1. The quantitative estimate of drug-likeness (QED) is 0.892. The van der Waals surface area contributed by atoms with Crippen LogP contribution < -0.4 is 5.32 Å². The van der Waals surface area contributed by atoms with Crippen molar-refractivity contribution in [2.24, 2.45) is 5.92 Å². The van der Waals surface area contributed by atoms with Crippen molar-refractivity contribution in [1.29, 1.82) is 0 Å². The van der Waals surface area contributed by atoms with Gasteiger partial charge in [0.05, 0.1) is 5.56 Å². The summed E-state index contributed by atoms with van der Waals surface area (Å²) in [6, 6.07) is 6.08. The lowest BCUT2D eigenvalue weighted by atomic mass is 9.85. The number of para-hydroxylation sites is 1. The number of phenols is 1. The van der Waals surface area contributed by atoms with E-state index in [1.54, 1.807) is 23.1 Å². The van der Waals surface area contributed by atoms with Gasteiger partial charge in [-0.25, -0.2) is 0 Å². The number of phenolic OH excluding ortho intramolecular Hbond substituents is 1. The fourth-order valence-corrected chi connectivity index (χ4v) is 3.15. The molecule has 1 atom stereocenters. The Balaban J connectivity index is 1.65. The van der Waals surface area contributed by atoms with E-state index in [0.29, 0.717) is 25.4 Å². The molecular formula is C17H22N2O3. The largest absolute Gasteiger partial charge is 0.507 e. The Bertz CT molecular complexity index is 569. The summed E-state index contributed by atoms with van der Waals surface area (Å²) in [4.78, 5) is 26.5. The lowest BCUT2D eigenvalue weighted by Gasteiger charge is -2.28. The fraction of sp³-hybridized carbons (Fsp3) is 0.529. The summed E-state index contributed by atoms with van der Waals surface area (Å²) in [6.07, 6.45) is 5.13. The van der Waals surface area contributed by atoms with Crippen LogP contribution in [0.15, 0.2) is 24.3 Å². The summed E-state index contributed by atoms with van der Waals surface area (Å²) >= 11 is 0. The summed E-state index contributed by atoms with van der Waals surface area (Å²) < 4.78 is 0. The van der Waals surface area contributed by atoms with E-state index in [1.165, 1.54) is 25.3 Å². The zero-order chi connectivity index (χ0) is 15.5. The molecule has 5 heteroatoms. The van der Waals surface area contributed by atoms with Crippen LogP contribution in [0, 0.1) is 5.92 Å². The van der Waals surface area contributed by atoms with Gasteiger partial charge in [0.2, 0.25) is 5.91 Å². The highest BCUT2D eigenvalue weighted by molar-refractivity contribution is 5.99. The molecule has 22 heavy (non-hydrogen) atoms. The maximum Gasteiger partial charge on any atom is 0.258 e. The first-order valence-corrected chi connectivity index (χ1v) is 8.03. The molecule has 1 aliphatic carbocycles. The Hall–Kier alpha value is -2.04. The SMILES string of the molecule is O=C(NCC1CCC1)C1CCCN1C(=O)c1ccccc1O. The number of hydrogen-bond acceptors (Lipinski definition) is 3. The molecule has 2 fully saturated rings. The predicted molar refractivity (Wildman–Crippen MR) is 82.5 cm³/mol. The van der Waals surface area contributed by atoms with Crippen molar-refractivity contribution in [3.63, 3.8) is 0 Å².